The molecule has 2 aromatic rings. The van der Waals surface area contributed by atoms with Gasteiger partial charge in [-0.25, -0.2) is 8.78 Å². The zero-order chi connectivity index (χ0) is 19.8. The van der Waals surface area contributed by atoms with E-state index in [-0.39, 0.29) is 36.1 Å². The van der Waals surface area contributed by atoms with Crippen molar-refractivity contribution in [3.05, 3.63) is 58.7 Å². The Morgan fingerprint density at radius 2 is 2.04 bits per heavy atom. The Kier molecular flexibility index (Phi) is 4.75. The standard InChI is InChI=1S/C21H19F2NO4/c1-12-4-15(22)2-3-19(12)27-10-13-8-24(9-13)21(26)17-6-14-5-16(25)11-28-20(14)7-18(17)23/h2-4,6-7,13H,5,8-11H2,1H3. The quantitative estimate of drug-likeness (QED) is 0.810. The molecule has 7 heteroatoms. The van der Waals surface area contributed by atoms with Crippen LogP contribution in [0.2, 0.25) is 0 Å². The summed E-state index contributed by atoms with van der Waals surface area (Å²) < 4.78 is 38.4. The molecule has 28 heavy (non-hydrogen) atoms. The van der Waals surface area contributed by atoms with E-state index in [9.17, 15) is 18.4 Å². The van der Waals surface area contributed by atoms with Gasteiger partial charge in [0.2, 0.25) is 0 Å². The molecule has 4 rings (SSSR count). The first-order valence-corrected chi connectivity index (χ1v) is 9.06. The van der Waals surface area contributed by atoms with Crippen LogP contribution in [0.1, 0.15) is 21.5 Å². The van der Waals surface area contributed by atoms with Gasteiger partial charge >= 0.3 is 0 Å². The fraction of sp³-hybridized carbons (Fsp3) is 0.333. The predicted octanol–water partition coefficient (Wildman–Crippen LogP) is 2.93. The Morgan fingerprint density at radius 3 is 2.79 bits per heavy atom. The van der Waals surface area contributed by atoms with E-state index >= 15 is 0 Å². The van der Waals surface area contributed by atoms with Gasteiger partial charge in [-0.05, 0) is 36.8 Å². The predicted molar refractivity (Wildman–Crippen MR) is 96.6 cm³/mol. The first-order valence-electron chi connectivity index (χ1n) is 9.06. The molecule has 0 unspecified atom stereocenters. The minimum atomic E-state index is -0.653. The maximum Gasteiger partial charge on any atom is 0.256 e. The molecular formula is C21H19F2NO4. The van der Waals surface area contributed by atoms with Gasteiger partial charge in [-0.1, -0.05) is 0 Å². The average molecular weight is 387 g/mol. The molecule has 0 aromatic heterocycles. The molecule has 0 saturated carbocycles. The molecule has 0 atom stereocenters. The van der Waals surface area contributed by atoms with Crippen LogP contribution in [0.15, 0.2) is 30.3 Å². The maximum atomic E-state index is 14.3. The summed E-state index contributed by atoms with van der Waals surface area (Å²) in [7, 11) is 0. The number of ketones is 1. The zero-order valence-electron chi connectivity index (χ0n) is 15.3. The summed E-state index contributed by atoms with van der Waals surface area (Å²) in [5.41, 5.74) is 1.19. The second-order valence-electron chi connectivity index (χ2n) is 7.24. The molecule has 1 saturated heterocycles. The number of rotatable bonds is 4. The Morgan fingerprint density at radius 1 is 1.25 bits per heavy atom. The number of nitrogens with zero attached hydrogens (tertiary/aromatic N) is 1. The third-order valence-electron chi connectivity index (χ3n) is 5.01. The molecule has 146 valence electrons. The zero-order valence-corrected chi connectivity index (χ0v) is 15.3. The molecule has 0 spiro atoms. The first-order chi connectivity index (χ1) is 13.4. The highest BCUT2D eigenvalue weighted by atomic mass is 19.1. The number of hydrogen-bond acceptors (Lipinski definition) is 4. The van der Waals surface area contributed by atoms with Crippen molar-refractivity contribution in [1.82, 2.24) is 4.90 Å². The van der Waals surface area contributed by atoms with Crippen LogP contribution in [0.3, 0.4) is 0 Å². The van der Waals surface area contributed by atoms with Crippen LogP contribution in [0.5, 0.6) is 11.5 Å². The lowest BCUT2D eigenvalue weighted by molar-refractivity contribution is -0.121. The second kappa shape index (κ2) is 7.22. The van der Waals surface area contributed by atoms with Crippen molar-refractivity contribution in [3.63, 3.8) is 0 Å². The summed E-state index contributed by atoms with van der Waals surface area (Å²) in [5.74, 6) is -0.430. The molecule has 1 fully saturated rings. The van der Waals surface area contributed by atoms with Gasteiger partial charge in [0.15, 0.2) is 5.78 Å². The minimum Gasteiger partial charge on any atom is -0.493 e. The van der Waals surface area contributed by atoms with Gasteiger partial charge in [-0.3, -0.25) is 9.59 Å². The van der Waals surface area contributed by atoms with Gasteiger partial charge in [0.1, 0.15) is 29.7 Å². The van der Waals surface area contributed by atoms with Crippen molar-refractivity contribution in [1.29, 1.82) is 0 Å². The number of ether oxygens (including phenoxy) is 2. The number of amides is 1. The molecule has 2 heterocycles. The summed E-state index contributed by atoms with van der Waals surface area (Å²) in [6, 6.07) is 6.91. The van der Waals surface area contributed by atoms with Gasteiger partial charge in [0.25, 0.3) is 5.91 Å². The summed E-state index contributed by atoms with van der Waals surface area (Å²) >= 11 is 0. The fourth-order valence-electron chi connectivity index (χ4n) is 3.45. The number of halogens is 2. The molecule has 0 N–H and O–H groups in total. The van der Waals surface area contributed by atoms with Crippen LogP contribution in [0.25, 0.3) is 0 Å². The molecule has 0 aliphatic carbocycles. The van der Waals surface area contributed by atoms with E-state index in [1.807, 2.05) is 0 Å². The second-order valence-corrected chi connectivity index (χ2v) is 7.24. The van der Waals surface area contributed by atoms with Crippen LogP contribution in [-0.2, 0) is 11.2 Å². The lowest BCUT2D eigenvalue weighted by atomic mass is 9.97. The number of carbonyl (C=O) groups is 2. The van der Waals surface area contributed by atoms with Crippen LogP contribution in [0, 0.1) is 24.5 Å². The molecule has 0 radical (unpaired) electrons. The van der Waals surface area contributed by atoms with Crippen LogP contribution < -0.4 is 9.47 Å². The van der Waals surface area contributed by atoms with Crippen LogP contribution in [-0.4, -0.2) is 42.9 Å². The largest absolute Gasteiger partial charge is 0.493 e. The van der Waals surface area contributed by atoms with Gasteiger partial charge < -0.3 is 14.4 Å². The molecule has 0 bridgehead atoms. The first kappa shape index (κ1) is 18.4. The summed E-state index contributed by atoms with van der Waals surface area (Å²) in [6.07, 6.45) is 0.142. The maximum absolute atomic E-state index is 14.3. The van der Waals surface area contributed by atoms with Crippen LogP contribution in [0.4, 0.5) is 8.78 Å². The fourth-order valence-corrected chi connectivity index (χ4v) is 3.45. The molecule has 1 amide bonds. The average Bonchev–Trinajstić information content (AvgIpc) is 2.61. The molecule has 5 nitrogen and oxygen atoms in total. The Hall–Kier alpha value is -2.96. The number of aryl methyl sites for hydroxylation is 1. The number of carbonyl (C=O) groups excluding carboxylic acids is 2. The topological polar surface area (TPSA) is 55.8 Å². The van der Waals surface area contributed by atoms with E-state index < -0.39 is 11.7 Å². The van der Waals surface area contributed by atoms with Gasteiger partial charge in [-0.15, -0.1) is 0 Å². The third kappa shape index (κ3) is 3.56. The van der Waals surface area contributed by atoms with Crippen molar-refractivity contribution in [2.45, 2.75) is 13.3 Å². The van der Waals surface area contributed by atoms with Crippen molar-refractivity contribution in [2.75, 3.05) is 26.3 Å². The smallest absolute Gasteiger partial charge is 0.256 e. The monoisotopic (exact) mass is 387 g/mol. The minimum absolute atomic E-state index is 0.0502. The number of likely N-dealkylation sites (tertiary alicyclic amines) is 1. The van der Waals surface area contributed by atoms with Gasteiger partial charge in [-0.2, -0.15) is 0 Å². The van der Waals surface area contributed by atoms with E-state index in [1.165, 1.54) is 24.3 Å². The van der Waals surface area contributed by atoms with Crippen LogP contribution >= 0.6 is 0 Å². The normalized spacial score (nSPS) is 16.2. The molecule has 2 aliphatic heterocycles. The number of benzene rings is 2. The Balaban J connectivity index is 1.36. The van der Waals surface area contributed by atoms with Gasteiger partial charge in [0, 0.05) is 37.1 Å². The number of fused-ring (bicyclic) bond motifs is 1. The van der Waals surface area contributed by atoms with Crippen molar-refractivity contribution >= 4 is 11.7 Å². The number of hydrogen-bond donors (Lipinski definition) is 0. The highest BCUT2D eigenvalue weighted by Gasteiger charge is 2.34. The Labute approximate surface area is 160 Å². The highest BCUT2D eigenvalue weighted by Crippen LogP contribution is 2.29. The van der Waals surface area contributed by atoms with E-state index in [2.05, 4.69) is 0 Å². The summed E-state index contributed by atoms with van der Waals surface area (Å²) in [5, 5.41) is 0. The summed E-state index contributed by atoms with van der Waals surface area (Å²) in [4.78, 5) is 25.7. The SMILES string of the molecule is Cc1cc(F)ccc1OCC1CN(C(=O)c2cc3c(cc2F)OCC(=O)C3)C1. The molecule has 2 aromatic carbocycles. The van der Waals surface area contributed by atoms with Crippen molar-refractivity contribution < 1.29 is 27.8 Å². The highest BCUT2D eigenvalue weighted by molar-refractivity contribution is 5.96. The van der Waals surface area contributed by atoms with Gasteiger partial charge in [0.05, 0.1) is 12.2 Å². The van der Waals surface area contributed by atoms with Crippen molar-refractivity contribution in [3.8, 4) is 11.5 Å². The van der Waals surface area contributed by atoms with E-state index in [4.69, 9.17) is 9.47 Å². The Bertz CT molecular complexity index is 954. The molecular weight excluding hydrogens is 368 g/mol. The van der Waals surface area contributed by atoms with Crippen molar-refractivity contribution in [2.24, 2.45) is 5.92 Å². The summed E-state index contributed by atoms with van der Waals surface area (Å²) in [6.45, 7) is 2.99. The lowest BCUT2D eigenvalue weighted by Crippen LogP contribution is -2.52. The number of Topliss-reactive ketones (excluding diaryl/α,β-unsaturated/α-hetero) is 1. The van der Waals surface area contributed by atoms with E-state index in [1.54, 1.807) is 17.9 Å². The lowest BCUT2D eigenvalue weighted by Gasteiger charge is -2.39. The molecule has 2 aliphatic rings. The van der Waals surface area contributed by atoms with E-state index in [0.29, 0.717) is 42.3 Å². The third-order valence-corrected chi connectivity index (χ3v) is 5.01. The van der Waals surface area contributed by atoms with E-state index in [0.717, 1.165) is 0 Å².